The number of pyridine rings is 1. The summed E-state index contributed by atoms with van der Waals surface area (Å²) in [7, 11) is 1.62. The number of amides is 1. The minimum Gasteiger partial charge on any atom is -0.311 e. The van der Waals surface area contributed by atoms with Crippen LogP contribution < -0.4 is 4.90 Å². The van der Waals surface area contributed by atoms with E-state index in [-0.39, 0.29) is 11.6 Å². The van der Waals surface area contributed by atoms with Gasteiger partial charge in [-0.15, -0.1) is 0 Å². The lowest BCUT2D eigenvalue weighted by Crippen LogP contribution is -2.26. The molecular formula is C15H12N4O3S. The van der Waals surface area contributed by atoms with Crippen LogP contribution in [0.1, 0.15) is 16.1 Å². The fourth-order valence-corrected chi connectivity index (χ4v) is 2.90. The van der Waals surface area contributed by atoms with Crippen molar-refractivity contribution in [2.45, 2.75) is 6.92 Å². The van der Waals surface area contributed by atoms with Crippen LogP contribution in [-0.2, 0) is 0 Å². The minimum atomic E-state index is -0.476. The zero-order valence-corrected chi connectivity index (χ0v) is 13.2. The molecule has 1 aromatic carbocycles. The van der Waals surface area contributed by atoms with E-state index < -0.39 is 4.92 Å². The van der Waals surface area contributed by atoms with Crippen molar-refractivity contribution < 1.29 is 9.72 Å². The second-order valence-electron chi connectivity index (χ2n) is 4.98. The largest absolute Gasteiger partial charge is 0.311 e. The predicted octanol–water partition coefficient (Wildman–Crippen LogP) is 3.18. The van der Waals surface area contributed by atoms with E-state index in [1.54, 1.807) is 25.2 Å². The smallest absolute Gasteiger partial charge is 0.269 e. The lowest BCUT2D eigenvalue weighted by atomic mass is 10.2. The Kier molecular flexibility index (Phi) is 3.75. The molecule has 0 aliphatic rings. The second kappa shape index (κ2) is 5.73. The normalized spacial score (nSPS) is 10.7. The first-order valence-corrected chi connectivity index (χ1v) is 7.49. The van der Waals surface area contributed by atoms with E-state index >= 15 is 0 Å². The molecule has 0 N–H and O–H groups in total. The summed E-state index contributed by atoms with van der Waals surface area (Å²) in [6.45, 7) is 1.87. The van der Waals surface area contributed by atoms with Gasteiger partial charge in [-0.1, -0.05) is 0 Å². The predicted molar refractivity (Wildman–Crippen MR) is 88.0 cm³/mol. The van der Waals surface area contributed by atoms with Gasteiger partial charge in [-0.25, -0.2) is 4.98 Å². The highest BCUT2D eigenvalue weighted by Crippen LogP contribution is 2.23. The molecule has 1 amide bonds. The van der Waals surface area contributed by atoms with Gasteiger partial charge in [-0.05, 0) is 36.7 Å². The summed E-state index contributed by atoms with van der Waals surface area (Å²) in [5.41, 5.74) is 1.84. The van der Waals surface area contributed by atoms with Crippen molar-refractivity contribution in [3.63, 3.8) is 0 Å². The molecule has 0 aliphatic heterocycles. The number of aromatic nitrogens is 2. The van der Waals surface area contributed by atoms with Gasteiger partial charge in [-0.2, -0.15) is 4.37 Å². The van der Waals surface area contributed by atoms with E-state index in [1.165, 1.54) is 34.8 Å². The molecule has 3 aromatic rings. The summed E-state index contributed by atoms with van der Waals surface area (Å²) >= 11 is 1.29. The third-order valence-electron chi connectivity index (χ3n) is 3.51. The van der Waals surface area contributed by atoms with Gasteiger partial charge in [-0.3, -0.25) is 14.9 Å². The number of benzene rings is 1. The number of carbonyl (C=O) groups is 1. The molecule has 0 aliphatic carbocycles. The van der Waals surface area contributed by atoms with Crippen molar-refractivity contribution >= 4 is 39.0 Å². The van der Waals surface area contributed by atoms with Crippen LogP contribution in [0.25, 0.3) is 10.2 Å². The molecule has 0 fully saturated rings. The van der Waals surface area contributed by atoms with E-state index in [1.807, 2.05) is 6.92 Å². The van der Waals surface area contributed by atoms with Crippen LogP contribution in [-0.4, -0.2) is 27.2 Å². The number of hydrogen-bond acceptors (Lipinski definition) is 6. The summed E-state index contributed by atoms with van der Waals surface area (Å²) < 4.78 is 4.22. The molecule has 0 radical (unpaired) electrons. The van der Waals surface area contributed by atoms with Gasteiger partial charge in [0.05, 0.1) is 16.2 Å². The highest BCUT2D eigenvalue weighted by molar-refractivity contribution is 7.12. The maximum absolute atomic E-state index is 12.6. The van der Waals surface area contributed by atoms with E-state index in [4.69, 9.17) is 0 Å². The molecule has 23 heavy (non-hydrogen) atoms. The first-order chi connectivity index (χ1) is 11.0. The number of anilines is 1. The van der Waals surface area contributed by atoms with Crippen molar-refractivity contribution in [3.8, 4) is 0 Å². The van der Waals surface area contributed by atoms with Gasteiger partial charge in [0.1, 0.15) is 4.83 Å². The number of nitro groups is 1. The Labute approximate surface area is 135 Å². The summed E-state index contributed by atoms with van der Waals surface area (Å²) in [6, 6.07) is 7.59. The average molecular weight is 328 g/mol. The number of rotatable bonds is 3. The van der Waals surface area contributed by atoms with Crippen molar-refractivity contribution in [2.24, 2.45) is 0 Å². The van der Waals surface area contributed by atoms with Crippen LogP contribution in [0.3, 0.4) is 0 Å². The van der Waals surface area contributed by atoms with E-state index in [0.717, 1.165) is 15.9 Å². The zero-order chi connectivity index (χ0) is 16.6. The Morgan fingerprint density at radius 2 is 2.00 bits per heavy atom. The van der Waals surface area contributed by atoms with Gasteiger partial charge < -0.3 is 4.90 Å². The number of nitrogens with zero attached hydrogens (tertiary/aromatic N) is 4. The molecule has 0 spiro atoms. The molecule has 3 rings (SSSR count). The van der Waals surface area contributed by atoms with Gasteiger partial charge in [0, 0.05) is 36.5 Å². The lowest BCUT2D eigenvalue weighted by Gasteiger charge is -2.17. The molecule has 0 unspecified atom stereocenters. The fourth-order valence-electron chi connectivity index (χ4n) is 2.17. The third-order valence-corrected chi connectivity index (χ3v) is 4.37. The summed E-state index contributed by atoms with van der Waals surface area (Å²) in [5.74, 6) is -0.237. The van der Waals surface area contributed by atoms with E-state index in [9.17, 15) is 14.9 Å². The molecule has 116 valence electrons. The molecule has 0 saturated heterocycles. The van der Waals surface area contributed by atoms with Crippen LogP contribution >= 0.6 is 11.5 Å². The van der Waals surface area contributed by atoms with E-state index in [0.29, 0.717) is 11.3 Å². The maximum Gasteiger partial charge on any atom is 0.269 e. The van der Waals surface area contributed by atoms with Crippen molar-refractivity contribution in [3.05, 3.63) is 57.9 Å². The van der Waals surface area contributed by atoms with Crippen LogP contribution in [0.2, 0.25) is 0 Å². The third kappa shape index (κ3) is 2.76. The first-order valence-electron chi connectivity index (χ1n) is 6.72. The van der Waals surface area contributed by atoms with Crippen LogP contribution in [0.4, 0.5) is 11.4 Å². The number of hydrogen-bond donors (Lipinski definition) is 0. The summed E-state index contributed by atoms with van der Waals surface area (Å²) in [5, 5.41) is 11.5. The van der Waals surface area contributed by atoms with E-state index in [2.05, 4.69) is 9.36 Å². The molecule has 0 bridgehead atoms. The van der Waals surface area contributed by atoms with Crippen molar-refractivity contribution in [2.75, 3.05) is 11.9 Å². The van der Waals surface area contributed by atoms with Crippen LogP contribution in [0.5, 0.6) is 0 Å². The lowest BCUT2D eigenvalue weighted by molar-refractivity contribution is -0.384. The zero-order valence-electron chi connectivity index (χ0n) is 12.4. The Bertz CT molecular complexity index is 905. The summed E-state index contributed by atoms with van der Waals surface area (Å²) in [4.78, 5) is 29.3. The maximum atomic E-state index is 12.6. The fraction of sp³-hybridized carbons (Fsp3) is 0.133. The number of nitro benzene ring substituents is 1. The molecule has 2 heterocycles. The van der Waals surface area contributed by atoms with Crippen molar-refractivity contribution in [1.29, 1.82) is 0 Å². The van der Waals surface area contributed by atoms with Gasteiger partial charge >= 0.3 is 0 Å². The van der Waals surface area contributed by atoms with Crippen LogP contribution in [0.15, 0.2) is 36.5 Å². The molecule has 0 saturated carbocycles. The number of non-ortho nitro benzene ring substituents is 1. The SMILES string of the molecule is Cc1nsc2ncc(C(=O)N(C)c3ccc([N+](=O)[O-])cc3)cc12. The molecular weight excluding hydrogens is 316 g/mol. The minimum absolute atomic E-state index is 0.0161. The topological polar surface area (TPSA) is 89.2 Å². The molecule has 0 atom stereocenters. The number of carbonyl (C=O) groups excluding carboxylic acids is 1. The second-order valence-corrected chi connectivity index (χ2v) is 5.73. The Hall–Kier alpha value is -2.87. The molecule has 8 heteroatoms. The van der Waals surface area contributed by atoms with Crippen LogP contribution in [0, 0.1) is 17.0 Å². The highest BCUT2D eigenvalue weighted by Gasteiger charge is 2.16. The standard InChI is InChI=1S/C15H12N4O3S/c1-9-13-7-10(8-16-14(13)23-17-9)15(20)18(2)11-3-5-12(6-4-11)19(21)22/h3-8H,1-2H3. The monoisotopic (exact) mass is 328 g/mol. The quantitative estimate of drug-likeness (QED) is 0.544. The molecule has 2 aromatic heterocycles. The van der Waals surface area contributed by atoms with Gasteiger partial charge in [0.2, 0.25) is 0 Å². The Morgan fingerprint density at radius 3 is 2.65 bits per heavy atom. The highest BCUT2D eigenvalue weighted by atomic mass is 32.1. The Balaban J connectivity index is 1.90. The first kappa shape index (κ1) is 15.0. The van der Waals surface area contributed by atoms with Gasteiger partial charge in [0.15, 0.2) is 0 Å². The van der Waals surface area contributed by atoms with Crippen molar-refractivity contribution in [1.82, 2.24) is 9.36 Å². The molecule has 7 nitrogen and oxygen atoms in total. The number of aryl methyl sites for hydroxylation is 1. The Morgan fingerprint density at radius 1 is 1.30 bits per heavy atom. The summed E-state index contributed by atoms with van der Waals surface area (Å²) in [6.07, 6.45) is 1.52. The van der Waals surface area contributed by atoms with Gasteiger partial charge in [0.25, 0.3) is 11.6 Å². The number of fused-ring (bicyclic) bond motifs is 1. The average Bonchev–Trinajstić information content (AvgIpc) is 2.94.